The van der Waals surface area contributed by atoms with E-state index in [2.05, 4.69) is 79.2 Å². The summed E-state index contributed by atoms with van der Waals surface area (Å²) in [5.41, 5.74) is 1.29. The van der Waals surface area contributed by atoms with Crippen LogP contribution in [-0.4, -0.2) is 41.7 Å². The second-order valence-corrected chi connectivity index (χ2v) is 8.59. The predicted octanol–water partition coefficient (Wildman–Crippen LogP) is 3.92. The van der Waals surface area contributed by atoms with Gasteiger partial charge in [-0.25, -0.2) is 0 Å². The molecule has 1 heterocycles. The Labute approximate surface area is 162 Å². The lowest BCUT2D eigenvalue weighted by Crippen LogP contribution is -2.42. The summed E-state index contributed by atoms with van der Waals surface area (Å²) >= 11 is 4.56. The highest BCUT2D eigenvalue weighted by Crippen LogP contribution is 2.18. The fraction of sp³-hybridized carbons (Fsp3) is 0.500. The molecule has 0 bridgehead atoms. The van der Waals surface area contributed by atoms with Gasteiger partial charge in [-0.2, -0.15) is 12.6 Å². The van der Waals surface area contributed by atoms with Crippen LogP contribution in [0.1, 0.15) is 32.3 Å². The van der Waals surface area contributed by atoms with Gasteiger partial charge in [0.2, 0.25) is 5.91 Å². The van der Waals surface area contributed by atoms with E-state index in [1.54, 1.807) is 0 Å². The van der Waals surface area contributed by atoms with E-state index in [1.807, 2.05) is 0 Å². The van der Waals surface area contributed by atoms with E-state index in [9.17, 15) is 4.79 Å². The first-order valence-electron chi connectivity index (χ1n) is 9.68. The maximum atomic E-state index is 12.7. The van der Waals surface area contributed by atoms with Crippen LogP contribution in [-0.2, 0) is 11.2 Å². The highest BCUT2D eigenvalue weighted by atomic mass is 32.1. The average Bonchev–Trinajstić information content (AvgIpc) is 3.02. The lowest BCUT2D eigenvalue weighted by molar-refractivity contribution is -0.132. The summed E-state index contributed by atoms with van der Waals surface area (Å²) in [4.78, 5) is 14.8. The number of rotatable bonds is 7. The monoisotopic (exact) mass is 370 g/mol. The number of nitrogens with zero attached hydrogens (tertiary/aromatic N) is 1. The van der Waals surface area contributed by atoms with E-state index in [-0.39, 0.29) is 5.91 Å². The number of carbonyl (C=O) groups is 1. The molecule has 1 aliphatic rings. The molecule has 3 nitrogen and oxygen atoms in total. The molecule has 1 amide bonds. The van der Waals surface area contributed by atoms with Crippen molar-refractivity contribution in [2.75, 3.05) is 19.6 Å². The summed E-state index contributed by atoms with van der Waals surface area (Å²) in [5, 5.41) is 6.43. The van der Waals surface area contributed by atoms with Crippen molar-refractivity contribution < 1.29 is 4.79 Å². The molecule has 0 unspecified atom stereocenters. The third kappa shape index (κ3) is 5.24. The van der Waals surface area contributed by atoms with Crippen molar-refractivity contribution in [1.29, 1.82) is 0 Å². The zero-order valence-corrected chi connectivity index (χ0v) is 16.7. The van der Waals surface area contributed by atoms with Crippen LogP contribution in [0.5, 0.6) is 0 Å². The van der Waals surface area contributed by atoms with Crippen molar-refractivity contribution >= 4 is 29.3 Å². The van der Waals surface area contributed by atoms with Gasteiger partial charge in [-0.05, 0) is 35.1 Å². The van der Waals surface area contributed by atoms with Crippen molar-refractivity contribution in [2.45, 2.75) is 44.4 Å². The minimum atomic E-state index is 0.269. The number of hydrogen-bond acceptors (Lipinski definition) is 3. The van der Waals surface area contributed by atoms with Crippen molar-refractivity contribution in [2.24, 2.45) is 5.92 Å². The highest BCUT2D eigenvalue weighted by molar-refractivity contribution is 7.81. The molecule has 2 aromatic carbocycles. The minimum absolute atomic E-state index is 0.269. The Balaban J connectivity index is 1.66. The number of nitrogens with one attached hydrogen (secondary N) is 1. The van der Waals surface area contributed by atoms with Gasteiger partial charge in [-0.15, -0.1) is 0 Å². The number of carbonyl (C=O) groups excluding carboxylic acids is 1. The number of amides is 1. The Bertz CT molecular complexity index is 746. The van der Waals surface area contributed by atoms with Crippen molar-refractivity contribution in [3.05, 3.63) is 48.0 Å². The summed E-state index contributed by atoms with van der Waals surface area (Å²) in [6.45, 7) is 6.72. The fourth-order valence-electron chi connectivity index (χ4n) is 3.66. The summed E-state index contributed by atoms with van der Waals surface area (Å²) in [6, 6.07) is 15.4. The van der Waals surface area contributed by atoms with E-state index >= 15 is 0 Å². The Morgan fingerprint density at radius 1 is 1.23 bits per heavy atom. The van der Waals surface area contributed by atoms with Crippen LogP contribution < -0.4 is 5.32 Å². The molecule has 26 heavy (non-hydrogen) atoms. The fourth-order valence-corrected chi connectivity index (χ4v) is 4.02. The van der Waals surface area contributed by atoms with Crippen LogP contribution in [0.4, 0.5) is 0 Å². The summed E-state index contributed by atoms with van der Waals surface area (Å²) in [5.74, 6) is 0.657. The minimum Gasteiger partial charge on any atom is -0.341 e. The predicted molar refractivity (Wildman–Crippen MR) is 113 cm³/mol. The lowest BCUT2D eigenvalue weighted by Gasteiger charge is -2.27. The molecule has 4 heteroatoms. The van der Waals surface area contributed by atoms with E-state index in [4.69, 9.17) is 0 Å². The standard InChI is InChI=1S/C22H30N2OS/c1-16(2)11-22(25)24(15-20-13-21(26)14-23-20)10-9-17-7-8-18-5-3-4-6-19(18)12-17/h3-8,12,16,20-21,23,26H,9-11,13-15H2,1-2H3/t20-,21-/m0/s1. The first-order valence-corrected chi connectivity index (χ1v) is 10.2. The molecular formula is C22H30N2OS. The van der Waals surface area contributed by atoms with Crippen molar-refractivity contribution in [3.8, 4) is 0 Å². The molecule has 0 saturated carbocycles. The molecule has 0 aromatic heterocycles. The van der Waals surface area contributed by atoms with Crippen LogP contribution in [0.15, 0.2) is 42.5 Å². The number of benzene rings is 2. The van der Waals surface area contributed by atoms with E-state index in [0.717, 1.165) is 32.5 Å². The first kappa shape index (κ1) is 19.2. The van der Waals surface area contributed by atoms with Crippen molar-refractivity contribution in [3.63, 3.8) is 0 Å². The topological polar surface area (TPSA) is 32.3 Å². The highest BCUT2D eigenvalue weighted by Gasteiger charge is 2.25. The zero-order valence-electron chi connectivity index (χ0n) is 15.8. The third-order valence-electron chi connectivity index (χ3n) is 5.06. The van der Waals surface area contributed by atoms with Crippen LogP contribution in [0.25, 0.3) is 10.8 Å². The van der Waals surface area contributed by atoms with Gasteiger partial charge in [0.15, 0.2) is 0 Å². The number of hydrogen-bond donors (Lipinski definition) is 2. The maximum absolute atomic E-state index is 12.7. The molecule has 0 spiro atoms. The summed E-state index contributed by atoms with van der Waals surface area (Å²) < 4.78 is 0. The second-order valence-electron chi connectivity index (χ2n) is 7.86. The molecular weight excluding hydrogens is 340 g/mol. The molecule has 0 radical (unpaired) electrons. The summed E-state index contributed by atoms with van der Waals surface area (Å²) in [6.07, 6.45) is 2.55. The lowest BCUT2D eigenvalue weighted by atomic mass is 10.0. The summed E-state index contributed by atoms with van der Waals surface area (Å²) in [7, 11) is 0. The molecule has 0 aliphatic carbocycles. The Hall–Kier alpha value is -1.52. The van der Waals surface area contributed by atoms with Crippen LogP contribution >= 0.6 is 12.6 Å². The number of fused-ring (bicyclic) bond motifs is 1. The van der Waals surface area contributed by atoms with E-state index < -0.39 is 0 Å². The molecule has 2 aromatic rings. The van der Waals surface area contributed by atoms with Gasteiger partial charge in [0.05, 0.1) is 0 Å². The second kappa shape index (κ2) is 8.92. The van der Waals surface area contributed by atoms with Gasteiger partial charge in [0.1, 0.15) is 0 Å². The molecule has 3 rings (SSSR count). The van der Waals surface area contributed by atoms with Gasteiger partial charge < -0.3 is 10.2 Å². The molecule has 1 fully saturated rings. The Morgan fingerprint density at radius 3 is 2.69 bits per heavy atom. The molecule has 1 aliphatic heterocycles. The third-order valence-corrected chi connectivity index (χ3v) is 5.45. The van der Waals surface area contributed by atoms with Crippen LogP contribution in [0, 0.1) is 5.92 Å². The Morgan fingerprint density at radius 2 is 2.00 bits per heavy atom. The first-order chi connectivity index (χ1) is 12.5. The van der Waals surface area contributed by atoms with E-state index in [1.165, 1.54) is 16.3 Å². The number of thiol groups is 1. The van der Waals surface area contributed by atoms with Crippen LogP contribution in [0.2, 0.25) is 0 Å². The Kier molecular flexibility index (Phi) is 6.60. The SMILES string of the molecule is CC(C)CC(=O)N(CCc1ccc2ccccc2c1)C[C@@H]1C[C@H](S)CN1. The van der Waals surface area contributed by atoms with Gasteiger partial charge >= 0.3 is 0 Å². The van der Waals surface area contributed by atoms with E-state index in [0.29, 0.717) is 23.6 Å². The molecule has 140 valence electrons. The normalized spacial score (nSPS) is 20.0. The smallest absolute Gasteiger partial charge is 0.222 e. The average molecular weight is 371 g/mol. The zero-order chi connectivity index (χ0) is 18.5. The van der Waals surface area contributed by atoms with Crippen LogP contribution in [0.3, 0.4) is 0 Å². The quantitative estimate of drug-likeness (QED) is 0.724. The van der Waals surface area contributed by atoms with Gasteiger partial charge in [-0.3, -0.25) is 4.79 Å². The van der Waals surface area contributed by atoms with Crippen molar-refractivity contribution in [1.82, 2.24) is 10.2 Å². The molecule has 1 N–H and O–H groups in total. The van der Waals surface area contributed by atoms with Gasteiger partial charge in [0.25, 0.3) is 0 Å². The van der Waals surface area contributed by atoms with Gasteiger partial charge in [-0.1, -0.05) is 56.3 Å². The largest absolute Gasteiger partial charge is 0.341 e. The van der Waals surface area contributed by atoms with Gasteiger partial charge in [0, 0.05) is 37.3 Å². The maximum Gasteiger partial charge on any atom is 0.222 e. The molecule has 2 atom stereocenters. The molecule has 1 saturated heterocycles.